The molecular formula is C30H36LaN2O10+3. The fourth-order valence-corrected chi connectivity index (χ4v) is 3.62. The van der Waals surface area contributed by atoms with E-state index in [1.54, 1.807) is 48.5 Å². The van der Waals surface area contributed by atoms with Crippen LogP contribution in [0.2, 0.25) is 0 Å². The van der Waals surface area contributed by atoms with Gasteiger partial charge in [-0.15, -0.1) is 0 Å². The van der Waals surface area contributed by atoms with Gasteiger partial charge in [-0.25, -0.2) is 0 Å². The van der Waals surface area contributed by atoms with Gasteiger partial charge in [-0.05, 0) is 24.3 Å². The van der Waals surface area contributed by atoms with Gasteiger partial charge in [-0.3, -0.25) is 9.98 Å². The van der Waals surface area contributed by atoms with Gasteiger partial charge in [0.15, 0.2) is 34.5 Å². The number of para-hydroxylation sites is 2. The van der Waals surface area contributed by atoms with E-state index in [2.05, 4.69) is 9.98 Å². The molecule has 3 aromatic rings. The molecule has 0 saturated carbocycles. The zero-order valence-electron chi connectivity index (χ0n) is 24.1. The molecule has 0 spiro atoms. The molecule has 0 saturated heterocycles. The molecular weight excluding hydrogens is 687 g/mol. The summed E-state index contributed by atoms with van der Waals surface area (Å²) in [6.45, 7) is 0.935. The number of nitrogens with zero attached hydrogens (tertiary/aromatic N) is 2. The summed E-state index contributed by atoms with van der Waals surface area (Å²) < 4.78 is 32.8. The van der Waals surface area contributed by atoms with E-state index in [4.69, 9.17) is 38.6 Å². The predicted molar refractivity (Wildman–Crippen MR) is 157 cm³/mol. The second-order valence-electron chi connectivity index (χ2n) is 8.47. The van der Waals surface area contributed by atoms with Gasteiger partial charge in [-0.2, -0.15) is 0 Å². The molecule has 0 bridgehead atoms. The number of ether oxygens (including phenoxy) is 6. The molecule has 0 fully saturated rings. The first-order valence-electron chi connectivity index (χ1n) is 13.1. The Labute approximate surface area is 278 Å². The number of phenolic OH excluding ortho intramolecular Hbond substituents is 2. The van der Waals surface area contributed by atoms with Crippen LogP contribution < -0.4 is 18.9 Å². The van der Waals surface area contributed by atoms with Crippen molar-refractivity contribution in [1.82, 2.24) is 0 Å². The molecule has 226 valence electrons. The largest absolute Gasteiger partial charge is 3.00 e. The van der Waals surface area contributed by atoms with E-state index in [9.17, 15) is 10.2 Å². The average molecular weight is 724 g/mol. The van der Waals surface area contributed by atoms with Gasteiger partial charge in [0.2, 0.25) is 0 Å². The van der Waals surface area contributed by atoms with Gasteiger partial charge in [0, 0.05) is 35.7 Å². The van der Waals surface area contributed by atoms with Crippen molar-refractivity contribution >= 4 is 23.8 Å². The Morgan fingerprint density at radius 2 is 1.02 bits per heavy atom. The minimum absolute atomic E-state index is 0. The van der Waals surface area contributed by atoms with E-state index in [-0.39, 0.29) is 100.0 Å². The van der Waals surface area contributed by atoms with Crippen molar-refractivity contribution in [2.45, 2.75) is 0 Å². The topological polar surface area (TPSA) is 161 Å². The van der Waals surface area contributed by atoms with Crippen molar-refractivity contribution in [2.75, 3.05) is 67.1 Å². The van der Waals surface area contributed by atoms with Crippen molar-refractivity contribution in [1.29, 1.82) is 0 Å². The van der Waals surface area contributed by atoms with Gasteiger partial charge in [0.25, 0.3) is 0 Å². The van der Waals surface area contributed by atoms with Crippen molar-refractivity contribution in [3.8, 4) is 34.5 Å². The summed E-state index contributed by atoms with van der Waals surface area (Å²) in [5.41, 5.74) is 1.56. The minimum Gasteiger partial charge on any atom is -0.504 e. The predicted octanol–water partition coefficient (Wildman–Crippen LogP) is 3.39. The molecule has 43 heavy (non-hydrogen) atoms. The maximum atomic E-state index is 10.5. The Morgan fingerprint density at radius 1 is 0.605 bits per heavy atom. The average Bonchev–Trinajstić information content (AvgIpc) is 3.00. The van der Waals surface area contributed by atoms with E-state index in [0.29, 0.717) is 45.5 Å². The van der Waals surface area contributed by atoms with Gasteiger partial charge in [0.05, 0.1) is 65.2 Å². The second kappa shape index (κ2) is 19.9. The molecule has 0 amide bonds. The number of rotatable bonds is 18. The normalized spacial score (nSPS) is 11.1. The van der Waals surface area contributed by atoms with Crippen LogP contribution >= 0.6 is 0 Å². The maximum absolute atomic E-state index is 10.5. The molecule has 0 atom stereocenters. The SMILES string of the molecule is COc1cccc(C=Nc2cc(OCCOCCO)c(OCCOCCO)cc2N=Cc2cccc(OC)c2O)c1O.[La+3]. The maximum Gasteiger partial charge on any atom is 3.00 e. The van der Waals surface area contributed by atoms with Crippen molar-refractivity contribution < 1.29 is 84.4 Å². The smallest absolute Gasteiger partial charge is 0.504 e. The summed E-state index contributed by atoms with van der Waals surface area (Å²) in [7, 11) is 2.91. The second-order valence-corrected chi connectivity index (χ2v) is 8.47. The Balaban J connectivity index is 0.00000645. The molecule has 0 aliphatic rings. The number of hydrogen-bond donors (Lipinski definition) is 4. The summed E-state index contributed by atoms with van der Waals surface area (Å²) in [6, 6.07) is 13.3. The number of aromatic hydroxyl groups is 2. The first-order valence-corrected chi connectivity index (χ1v) is 13.1. The van der Waals surface area contributed by atoms with Crippen LogP contribution in [-0.4, -0.2) is 99.9 Å². The first-order chi connectivity index (χ1) is 20.5. The summed E-state index contributed by atoms with van der Waals surface area (Å²) in [5, 5.41) is 38.9. The number of aliphatic hydroxyl groups is 2. The van der Waals surface area contributed by atoms with E-state index in [0.717, 1.165) is 0 Å². The molecule has 0 heterocycles. The first kappa shape index (κ1) is 36.0. The van der Waals surface area contributed by atoms with Crippen LogP contribution in [0, 0.1) is 35.6 Å². The van der Waals surface area contributed by atoms with E-state index in [1.807, 2.05) is 0 Å². The van der Waals surface area contributed by atoms with Crippen LogP contribution in [0.25, 0.3) is 0 Å². The zero-order valence-corrected chi connectivity index (χ0v) is 27.8. The molecule has 0 aliphatic carbocycles. The van der Waals surface area contributed by atoms with E-state index >= 15 is 0 Å². The third-order valence-electron chi connectivity index (χ3n) is 5.67. The summed E-state index contributed by atoms with van der Waals surface area (Å²) in [4.78, 5) is 9.14. The number of methoxy groups -OCH3 is 2. The molecule has 0 aromatic heterocycles. The van der Waals surface area contributed by atoms with E-state index < -0.39 is 0 Å². The Bertz CT molecular complexity index is 1240. The number of aliphatic imine (C=N–C) groups is 2. The van der Waals surface area contributed by atoms with Crippen molar-refractivity contribution in [3.05, 3.63) is 59.7 Å². The van der Waals surface area contributed by atoms with Crippen molar-refractivity contribution in [3.63, 3.8) is 0 Å². The van der Waals surface area contributed by atoms with Gasteiger partial charge < -0.3 is 48.8 Å². The van der Waals surface area contributed by atoms with E-state index in [1.165, 1.54) is 26.6 Å². The summed E-state index contributed by atoms with van der Waals surface area (Å²) in [6.07, 6.45) is 2.93. The third-order valence-corrected chi connectivity index (χ3v) is 5.67. The molecule has 0 aliphatic heterocycles. The third kappa shape index (κ3) is 11.1. The van der Waals surface area contributed by atoms with Crippen LogP contribution in [0.3, 0.4) is 0 Å². The molecule has 13 heteroatoms. The Hall–Kier alpha value is -3.17. The van der Waals surface area contributed by atoms with Crippen LogP contribution in [0.5, 0.6) is 34.5 Å². The Morgan fingerprint density at radius 3 is 1.40 bits per heavy atom. The molecule has 12 nitrogen and oxygen atoms in total. The number of phenols is 2. The Kier molecular flexibility index (Phi) is 16.7. The summed E-state index contributed by atoms with van der Waals surface area (Å²) in [5.74, 6) is 1.13. The number of aliphatic hydroxyl groups excluding tert-OH is 2. The molecule has 3 aromatic carbocycles. The van der Waals surface area contributed by atoms with Gasteiger partial charge in [0.1, 0.15) is 13.2 Å². The monoisotopic (exact) mass is 723 g/mol. The van der Waals surface area contributed by atoms with Crippen LogP contribution in [-0.2, 0) is 9.47 Å². The van der Waals surface area contributed by atoms with Crippen LogP contribution in [0.4, 0.5) is 11.4 Å². The van der Waals surface area contributed by atoms with Crippen molar-refractivity contribution in [2.24, 2.45) is 9.98 Å². The molecule has 4 N–H and O–H groups in total. The minimum atomic E-state index is -0.103. The molecule has 0 unspecified atom stereocenters. The van der Waals surface area contributed by atoms with Gasteiger partial charge >= 0.3 is 35.6 Å². The van der Waals surface area contributed by atoms with Crippen LogP contribution in [0.1, 0.15) is 11.1 Å². The number of hydrogen-bond acceptors (Lipinski definition) is 12. The van der Waals surface area contributed by atoms with Gasteiger partial charge in [-0.1, -0.05) is 12.1 Å². The number of benzene rings is 3. The molecule has 0 radical (unpaired) electrons. The standard InChI is InChI=1S/C30H36N2O10.La/c1-37-25-7-3-5-21(29(25)35)19-31-23-17-27(41-15-13-39-11-9-33)28(42-16-14-40-12-10-34)18-24(23)32-20-22-6-4-8-26(38-2)30(22)36;/h3-8,17-20,33-36H,9-16H2,1-2H3;/q;+3. The molecule has 3 rings (SSSR count). The van der Waals surface area contributed by atoms with Crippen LogP contribution in [0.15, 0.2) is 58.5 Å². The zero-order chi connectivity index (χ0) is 30.2. The fraction of sp³-hybridized carbons (Fsp3) is 0.333. The quantitative estimate of drug-likeness (QED) is 0.113. The summed E-state index contributed by atoms with van der Waals surface area (Å²) >= 11 is 0. The fourth-order valence-electron chi connectivity index (χ4n) is 3.62.